The van der Waals surface area contributed by atoms with E-state index in [1.165, 1.54) is 0 Å². The molecule has 122 valence electrons. The minimum Gasteiger partial charge on any atom is -0.372 e. The molecule has 1 fully saturated rings. The Morgan fingerprint density at radius 2 is 1.58 bits per heavy atom. The van der Waals surface area contributed by atoms with Gasteiger partial charge < -0.3 is 9.64 Å². The third-order valence-electron chi connectivity index (χ3n) is 4.69. The Hall–Kier alpha value is -2.46. The van der Waals surface area contributed by atoms with Crippen molar-refractivity contribution in [1.82, 2.24) is 4.90 Å². The highest BCUT2D eigenvalue weighted by Gasteiger charge is 2.33. The average Bonchev–Trinajstić information content (AvgIpc) is 2.87. The zero-order valence-corrected chi connectivity index (χ0v) is 13.8. The van der Waals surface area contributed by atoms with Crippen molar-refractivity contribution in [3.8, 4) is 11.1 Å². The van der Waals surface area contributed by atoms with Crippen LogP contribution in [0.3, 0.4) is 0 Å². The van der Waals surface area contributed by atoms with Gasteiger partial charge in [0.05, 0.1) is 12.2 Å². The normalized spacial score (nSPS) is 22.2. The lowest BCUT2D eigenvalue weighted by Gasteiger charge is -2.35. The summed E-state index contributed by atoms with van der Waals surface area (Å²) in [4.78, 5) is 27.6. The first-order valence-corrected chi connectivity index (χ1v) is 8.28. The van der Waals surface area contributed by atoms with Crippen molar-refractivity contribution < 1.29 is 14.3 Å². The number of hydrogen-bond acceptors (Lipinski definition) is 3. The average molecular weight is 321 g/mol. The predicted octanol–water partition coefficient (Wildman–Crippen LogP) is 3.15. The van der Waals surface area contributed by atoms with Gasteiger partial charge in [-0.15, -0.1) is 0 Å². The maximum atomic E-state index is 13.1. The molecule has 1 aliphatic heterocycles. The molecule has 4 nitrogen and oxygen atoms in total. The van der Waals surface area contributed by atoms with Crippen LogP contribution in [0.4, 0.5) is 0 Å². The largest absolute Gasteiger partial charge is 0.372 e. The fraction of sp³-hybridized carbons (Fsp3) is 0.300. The molecule has 2 unspecified atom stereocenters. The fourth-order valence-electron chi connectivity index (χ4n) is 3.77. The molecule has 0 N–H and O–H groups in total. The van der Waals surface area contributed by atoms with Crippen LogP contribution in [0.2, 0.25) is 0 Å². The number of hydrogen-bond donors (Lipinski definition) is 0. The second-order valence-corrected chi connectivity index (χ2v) is 6.57. The van der Waals surface area contributed by atoms with Crippen molar-refractivity contribution in [3.05, 3.63) is 59.2 Å². The Labute approximate surface area is 141 Å². The standard InChI is InChI=1S/C20H19NO3/c1-12-10-21(11-13(2)24-12)20(23)17-9-5-8-16-18(17)14-6-3-4-7-15(14)19(16)22/h3-9,12-13H,10-11H2,1-2H3. The number of benzene rings is 2. The van der Waals surface area contributed by atoms with E-state index >= 15 is 0 Å². The molecular weight excluding hydrogens is 302 g/mol. The number of fused-ring (bicyclic) bond motifs is 3. The maximum Gasteiger partial charge on any atom is 0.254 e. The van der Waals surface area contributed by atoms with E-state index < -0.39 is 0 Å². The molecule has 1 saturated heterocycles. The van der Waals surface area contributed by atoms with Crippen LogP contribution >= 0.6 is 0 Å². The van der Waals surface area contributed by atoms with Gasteiger partial charge in [-0.25, -0.2) is 0 Å². The zero-order valence-electron chi connectivity index (χ0n) is 13.8. The van der Waals surface area contributed by atoms with Crippen molar-refractivity contribution in [1.29, 1.82) is 0 Å². The number of carbonyl (C=O) groups excluding carboxylic acids is 2. The Balaban J connectivity index is 1.80. The first kappa shape index (κ1) is 15.1. The van der Waals surface area contributed by atoms with Gasteiger partial charge in [-0.05, 0) is 25.5 Å². The minimum atomic E-state index is -0.0293. The Kier molecular flexibility index (Phi) is 3.50. The molecule has 1 amide bonds. The fourth-order valence-corrected chi connectivity index (χ4v) is 3.77. The summed E-state index contributed by atoms with van der Waals surface area (Å²) in [5.41, 5.74) is 3.53. The number of ether oxygens (including phenoxy) is 1. The molecule has 24 heavy (non-hydrogen) atoms. The van der Waals surface area contributed by atoms with Gasteiger partial charge in [0.25, 0.3) is 5.91 Å². The van der Waals surface area contributed by atoms with Crippen molar-refractivity contribution >= 4 is 11.7 Å². The second kappa shape index (κ2) is 5.56. The van der Waals surface area contributed by atoms with Crippen LogP contribution in [-0.4, -0.2) is 41.9 Å². The number of amides is 1. The van der Waals surface area contributed by atoms with E-state index in [1.54, 1.807) is 12.1 Å². The summed E-state index contributed by atoms with van der Waals surface area (Å²) in [6.45, 7) is 5.10. The van der Waals surface area contributed by atoms with Gasteiger partial charge in [0.1, 0.15) is 0 Å². The summed E-state index contributed by atoms with van der Waals surface area (Å²) in [6, 6.07) is 12.9. The summed E-state index contributed by atoms with van der Waals surface area (Å²) in [5, 5.41) is 0. The summed E-state index contributed by atoms with van der Waals surface area (Å²) >= 11 is 0. The van der Waals surface area contributed by atoms with Crippen LogP contribution in [-0.2, 0) is 4.74 Å². The molecule has 1 heterocycles. The van der Waals surface area contributed by atoms with Crippen LogP contribution in [0.5, 0.6) is 0 Å². The number of morpholine rings is 1. The van der Waals surface area contributed by atoms with E-state index in [0.29, 0.717) is 29.8 Å². The van der Waals surface area contributed by atoms with Crippen molar-refractivity contribution in [2.45, 2.75) is 26.1 Å². The van der Waals surface area contributed by atoms with Crippen LogP contribution in [0.15, 0.2) is 42.5 Å². The van der Waals surface area contributed by atoms with Crippen LogP contribution in [0, 0.1) is 0 Å². The van der Waals surface area contributed by atoms with Crippen molar-refractivity contribution in [2.24, 2.45) is 0 Å². The number of nitrogens with zero attached hydrogens (tertiary/aromatic N) is 1. The molecule has 0 aromatic heterocycles. The van der Waals surface area contributed by atoms with Crippen LogP contribution in [0.25, 0.3) is 11.1 Å². The third-order valence-corrected chi connectivity index (χ3v) is 4.69. The minimum absolute atomic E-state index is 0.000960. The van der Waals surface area contributed by atoms with E-state index in [-0.39, 0.29) is 23.9 Å². The lowest BCUT2D eigenvalue weighted by Crippen LogP contribution is -2.48. The molecular formula is C20H19NO3. The third kappa shape index (κ3) is 2.26. The molecule has 0 bridgehead atoms. The first-order valence-electron chi connectivity index (χ1n) is 8.28. The molecule has 0 spiro atoms. The van der Waals surface area contributed by atoms with Gasteiger partial charge in [-0.1, -0.05) is 36.4 Å². The Bertz CT molecular complexity index is 833. The molecule has 2 aliphatic rings. The Morgan fingerprint density at radius 1 is 0.958 bits per heavy atom. The molecule has 2 atom stereocenters. The molecule has 2 aromatic carbocycles. The number of carbonyl (C=O) groups is 2. The lowest BCUT2D eigenvalue weighted by molar-refractivity contribution is -0.0586. The van der Waals surface area contributed by atoms with Crippen molar-refractivity contribution in [2.75, 3.05) is 13.1 Å². The highest BCUT2D eigenvalue weighted by atomic mass is 16.5. The molecule has 4 heteroatoms. The van der Waals surface area contributed by atoms with E-state index in [2.05, 4.69) is 0 Å². The summed E-state index contributed by atoms with van der Waals surface area (Å²) in [5.74, 6) is -0.0303. The predicted molar refractivity (Wildman–Crippen MR) is 91.2 cm³/mol. The highest BCUT2D eigenvalue weighted by Crippen LogP contribution is 2.39. The second-order valence-electron chi connectivity index (χ2n) is 6.57. The smallest absolute Gasteiger partial charge is 0.254 e. The SMILES string of the molecule is CC1CN(C(=O)c2cccc3c2-c2ccccc2C3=O)CC(C)O1. The van der Waals surface area contributed by atoms with Crippen LogP contribution in [0.1, 0.15) is 40.1 Å². The van der Waals surface area contributed by atoms with Gasteiger partial charge in [-0.3, -0.25) is 9.59 Å². The summed E-state index contributed by atoms with van der Waals surface area (Å²) in [7, 11) is 0. The molecule has 1 aliphatic carbocycles. The quantitative estimate of drug-likeness (QED) is 0.692. The maximum absolute atomic E-state index is 13.1. The zero-order chi connectivity index (χ0) is 16.8. The van der Waals surface area contributed by atoms with Crippen molar-refractivity contribution in [3.63, 3.8) is 0 Å². The number of ketones is 1. The number of rotatable bonds is 1. The van der Waals surface area contributed by atoms with E-state index in [9.17, 15) is 9.59 Å². The molecule has 2 aromatic rings. The molecule has 4 rings (SSSR count). The van der Waals surface area contributed by atoms with E-state index in [0.717, 1.165) is 11.1 Å². The topological polar surface area (TPSA) is 46.6 Å². The van der Waals surface area contributed by atoms with E-state index in [1.807, 2.05) is 49.1 Å². The van der Waals surface area contributed by atoms with Crippen LogP contribution < -0.4 is 0 Å². The van der Waals surface area contributed by atoms with Gasteiger partial charge in [0.2, 0.25) is 0 Å². The highest BCUT2D eigenvalue weighted by molar-refractivity contribution is 6.24. The van der Waals surface area contributed by atoms with Gasteiger partial charge in [-0.2, -0.15) is 0 Å². The Morgan fingerprint density at radius 3 is 2.29 bits per heavy atom. The van der Waals surface area contributed by atoms with Gasteiger partial charge in [0.15, 0.2) is 5.78 Å². The monoisotopic (exact) mass is 321 g/mol. The summed E-state index contributed by atoms with van der Waals surface area (Å²) < 4.78 is 5.72. The van der Waals surface area contributed by atoms with Gasteiger partial charge in [0, 0.05) is 35.3 Å². The van der Waals surface area contributed by atoms with Gasteiger partial charge >= 0.3 is 0 Å². The van der Waals surface area contributed by atoms with E-state index in [4.69, 9.17) is 4.74 Å². The summed E-state index contributed by atoms with van der Waals surface area (Å²) in [6.07, 6.45) is 0.0340. The lowest BCUT2D eigenvalue weighted by atomic mass is 9.98. The molecule has 0 radical (unpaired) electrons. The molecule has 0 saturated carbocycles. The first-order chi connectivity index (χ1) is 11.6.